The summed E-state index contributed by atoms with van der Waals surface area (Å²) in [6, 6.07) is 2.43. The molecule has 1 aromatic rings. The van der Waals surface area contributed by atoms with Gasteiger partial charge in [0.25, 0.3) is 0 Å². The van der Waals surface area contributed by atoms with E-state index in [2.05, 4.69) is 20.8 Å². The van der Waals surface area contributed by atoms with Gasteiger partial charge in [0.15, 0.2) is 9.84 Å². The molecule has 0 saturated heterocycles. The van der Waals surface area contributed by atoms with Crippen molar-refractivity contribution >= 4 is 9.84 Å². The van der Waals surface area contributed by atoms with Gasteiger partial charge in [-0.3, -0.25) is 0 Å². The van der Waals surface area contributed by atoms with E-state index < -0.39 is 9.84 Å². The first-order valence-corrected chi connectivity index (χ1v) is 9.75. The van der Waals surface area contributed by atoms with E-state index in [1.165, 1.54) is 25.0 Å². The summed E-state index contributed by atoms with van der Waals surface area (Å²) in [5.74, 6) is 0.931. The lowest BCUT2D eigenvalue weighted by molar-refractivity contribution is 0.412. The van der Waals surface area contributed by atoms with Crippen molar-refractivity contribution in [1.82, 2.24) is 0 Å². The van der Waals surface area contributed by atoms with Crippen LogP contribution in [0.15, 0.2) is 17.0 Å². The molecule has 1 aromatic carbocycles. The van der Waals surface area contributed by atoms with Crippen LogP contribution < -0.4 is 0 Å². The number of benzene rings is 1. The zero-order valence-electron chi connectivity index (χ0n) is 14.0. The first-order valence-electron chi connectivity index (χ1n) is 7.86. The second-order valence-electron chi connectivity index (χ2n) is 6.68. The van der Waals surface area contributed by atoms with Crippen molar-refractivity contribution in [2.45, 2.75) is 57.8 Å². The van der Waals surface area contributed by atoms with Crippen LogP contribution >= 0.6 is 0 Å². The molecule has 0 spiro atoms. The van der Waals surface area contributed by atoms with Gasteiger partial charge in [-0.15, -0.1) is 0 Å². The molecule has 0 saturated carbocycles. The predicted octanol–water partition coefficient (Wildman–Crippen LogP) is 3.90. The summed E-state index contributed by atoms with van der Waals surface area (Å²) in [5.41, 5.74) is 0.433. The molecule has 5 heteroatoms. The van der Waals surface area contributed by atoms with Gasteiger partial charge in [0, 0.05) is 11.8 Å². The Morgan fingerprint density at radius 1 is 1.00 bits per heavy atom. The summed E-state index contributed by atoms with van der Waals surface area (Å²) in [6.07, 6.45) is 5.98. The second kappa shape index (κ2) is 7.86. The number of hydrogen-bond donors (Lipinski definition) is 2. The Kier molecular flexibility index (Phi) is 6.72. The first kappa shape index (κ1) is 18.8. The Hall–Kier alpha value is -1.23. The molecule has 4 nitrogen and oxygen atoms in total. The van der Waals surface area contributed by atoms with E-state index >= 15 is 0 Å². The van der Waals surface area contributed by atoms with Crippen LogP contribution in [0.2, 0.25) is 0 Å². The minimum absolute atomic E-state index is 0.0590. The average Bonchev–Trinajstić information content (AvgIpc) is 2.35. The Labute approximate surface area is 134 Å². The van der Waals surface area contributed by atoms with E-state index in [-0.39, 0.29) is 16.4 Å². The van der Waals surface area contributed by atoms with Crippen molar-refractivity contribution in [2.75, 3.05) is 6.26 Å². The smallest absolute Gasteiger partial charge is 0.175 e. The number of phenols is 2. The molecule has 0 radical (unpaired) electrons. The molecule has 126 valence electrons. The van der Waals surface area contributed by atoms with Crippen molar-refractivity contribution in [3.05, 3.63) is 17.7 Å². The third kappa shape index (κ3) is 5.87. The highest BCUT2D eigenvalue weighted by atomic mass is 32.2. The molecule has 0 aliphatic carbocycles. The number of rotatable bonds is 8. The fourth-order valence-electron chi connectivity index (χ4n) is 2.50. The second-order valence-corrected chi connectivity index (χ2v) is 8.70. The van der Waals surface area contributed by atoms with E-state index in [1.807, 2.05) is 0 Å². The van der Waals surface area contributed by atoms with Gasteiger partial charge in [-0.1, -0.05) is 40.0 Å². The topological polar surface area (TPSA) is 74.6 Å². The third-order valence-corrected chi connectivity index (χ3v) is 5.06. The monoisotopic (exact) mass is 328 g/mol. The van der Waals surface area contributed by atoms with Gasteiger partial charge in [0.05, 0.1) is 4.90 Å². The standard InChI is InChI=1S/C17H28O4S/c1-12(2)6-5-7-13(3)8-9-15-16(18)10-14(11-17(15)19)22(4,20)21/h10-13,18-19H,5-9H2,1-4H3. The number of hydrogen-bond acceptors (Lipinski definition) is 4. The molecule has 0 aliphatic heterocycles. The summed E-state index contributed by atoms with van der Waals surface area (Å²) in [4.78, 5) is -0.0590. The molecule has 22 heavy (non-hydrogen) atoms. The molecule has 0 aromatic heterocycles. The maximum Gasteiger partial charge on any atom is 0.175 e. The van der Waals surface area contributed by atoms with E-state index in [9.17, 15) is 18.6 Å². The average molecular weight is 328 g/mol. The van der Waals surface area contributed by atoms with E-state index in [0.29, 0.717) is 23.8 Å². The van der Waals surface area contributed by atoms with Crippen LogP contribution in [0.5, 0.6) is 11.5 Å². The SMILES string of the molecule is CC(C)CCCC(C)CCc1c(O)cc(S(C)(=O)=O)cc1O. The fraction of sp³-hybridized carbons (Fsp3) is 0.647. The number of sulfone groups is 1. The summed E-state index contributed by atoms with van der Waals surface area (Å²) < 4.78 is 22.9. The summed E-state index contributed by atoms with van der Waals surface area (Å²) in [6.45, 7) is 6.59. The normalized spacial score (nSPS) is 13.5. The van der Waals surface area contributed by atoms with Gasteiger partial charge in [-0.2, -0.15) is 0 Å². The minimum atomic E-state index is -3.44. The fourth-order valence-corrected chi connectivity index (χ4v) is 3.15. The van der Waals surface area contributed by atoms with Crippen LogP contribution in [0, 0.1) is 11.8 Å². The maximum atomic E-state index is 11.5. The summed E-state index contributed by atoms with van der Waals surface area (Å²) in [5, 5.41) is 19.9. The lowest BCUT2D eigenvalue weighted by atomic mass is 9.94. The van der Waals surface area contributed by atoms with Crippen LogP contribution in [0.25, 0.3) is 0 Å². The molecule has 0 heterocycles. The van der Waals surface area contributed by atoms with Gasteiger partial charge in [0.2, 0.25) is 0 Å². The molecule has 0 amide bonds. The van der Waals surface area contributed by atoms with Crippen molar-refractivity contribution in [2.24, 2.45) is 11.8 Å². The van der Waals surface area contributed by atoms with Crippen LogP contribution in [0.1, 0.15) is 52.0 Å². The Morgan fingerprint density at radius 3 is 2.00 bits per heavy atom. The molecule has 1 unspecified atom stereocenters. The van der Waals surface area contributed by atoms with E-state index in [0.717, 1.165) is 19.1 Å². The summed E-state index contributed by atoms with van der Waals surface area (Å²) >= 11 is 0. The van der Waals surface area contributed by atoms with Crippen molar-refractivity contribution in [3.63, 3.8) is 0 Å². The van der Waals surface area contributed by atoms with Crippen molar-refractivity contribution in [1.29, 1.82) is 0 Å². The van der Waals surface area contributed by atoms with Gasteiger partial charge >= 0.3 is 0 Å². The highest BCUT2D eigenvalue weighted by Gasteiger charge is 2.16. The maximum absolute atomic E-state index is 11.5. The minimum Gasteiger partial charge on any atom is -0.507 e. The van der Waals surface area contributed by atoms with Gasteiger partial charge in [-0.25, -0.2) is 8.42 Å². The van der Waals surface area contributed by atoms with E-state index in [1.54, 1.807) is 0 Å². The summed E-state index contributed by atoms with van der Waals surface area (Å²) in [7, 11) is -3.44. The quantitative estimate of drug-likeness (QED) is 0.759. The van der Waals surface area contributed by atoms with Gasteiger partial charge in [0.1, 0.15) is 11.5 Å². The molecule has 0 bridgehead atoms. The first-order chi connectivity index (χ1) is 10.1. The molecule has 1 rings (SSSR count). The molecule has 0 aliphatic rings. The molecular weight excluding hydrogens is 300 g/mol. The number of aromatic hydroxyl groups is 2. The molecule has 0 fully saturated rings. The van der Waals surface area contributed by atoms with Crippen LogP contribution in [-0.4, -0.2) is 24.9 Å². The zero-order valence-corrected chi connectivity index (χ0v) is 14.8. The third-order valence-electron chi connectivity index (χ3n) is 3.97. The van der Waals surface area contributed by atoms with Crippen LogP contribution in [-0.2, 0) is 16.3 Å². The van der Waals surface area contributed by atoms with Crippen molar-refractivity contribution in [3.8, 4) is 11.5 Å². The highest BCUT2D eigenvalue weighted by Crippen LogP contribution is 2.33. The number of phenolic OH excluding ortho intramolecular Hbond substituents is 2. The van der Waals surface area contributed by atoms with Gasteiger partial charge < -0.3 is 10.2 Å². The predicted molar refractivity (Wildman–Crippen MR) is 89.1 cm³/mol. The lowest BCUT2D eigenvalue weighted by Crippen LogP contribution is -2.01. The molecule has 1 atom stereocenters. The van der Waals surface area contributed by atoms with E-state index in [4.69, 9.17) is 0 Å². The highest BCUT2D eigenvalue weighted by molar-refractivity contribution is 7.90. The Morgan fingerprint density at radius 2 is 1.55 bits per heavy atom. The van der Waals surface area contributed by atoms with Gasteiger partial charge in [-0.05, 0) is 36.8 Å². The lowest BCUT2D eigenvalue weighted by Gasteiger charge is -2.14. The van der Waals surface area contributed by atoms with Crippen molar-refractivity contribution < 1.29 is 18.6 Å². The van der Waals surface area contributed by atoms with Crippen LogP contribution in [0.3, 0.4) is 0 Å². The Balaban J connectivity index is 2.67. The largest absolute Gasteiger partial charge is 0.507 e. The molecule has 2 N–H and O–H groups in total. The molecular formula is C17H28O4S. The zero-order chi connectivity index (χ0) is 16.9. The Bertz CT molecular complexity index is 568. The van der Waals surface area contributed by atoms with Crippen LogP contribution in [0.4, 0.5) is 0 Å².